The molecule has 0 bridgehead atoms. The number of fused-ring (bicyclic) bond motifs is 1. The average Bonchev–Trinajstić information content (AvgIpc) is 3.00. The summed E-state index contributed by atoms with van der Waals surface area (Å²) in [6.07, 6.45) is 2.42. The Hall–Kier alpha value is -2.41. The minimum Gasteiger partial charge on any atom is -0.349 e. The number of nitro groups is 1. The van der Waals surface area contributed by atoms with Crippen molar-refractivity contribution in [2.75, 3.05) is 26.2 Å². The maximum absolute atomic E-state index is 12.3. The quantitative estimate of drug-likeness (QED) is 0.651. The highest BCUT2D eigenvalue weighted by Gasteiger charge is 2.18. The first-order valence-electron chi connectivity index (χ1n) is 8.31. The third-order valence-corrected chi connectivity index (χ3v) is 4.67. The monoisotopic (exact) mass is 330 g/mol. The Morgan fingerprint density at radius 3 is 2.88 bits per heavy atom. The van der Waals surface area contributed by atoms with E-state index in [1.54, 1.807) is 18.2 Å². The zero-order valence-corrected chi connectivity index (χ0v) is 13.7. The lowest BCUT2D eigenvalue weighted by molar-refractivity contribution is -0.383. The molecule has 1 aliphatic rings. The van der Waals surface area contributed by atoms with Crippen molar-refractivity contribution < 1.29 is 9.72 Å². The summed E-state index contributed by atoms with van der Waals surface area (Å²) >= 11 is 0. The van der Waals surface area contributed by atoms with Gasteiger partial charge in [-0.2, -0.15) is 0 Å². The first-order chi connectivity index (χ1) is 11.5. The molecule has 0 spiro atoms. The van der Waals surface area contributed by atoms with Crippen molar-refractivity contribution in [3.8, 4) is 0 Å². The molecule has 1 amide bonds. The van der Waals surface area contributed by atoms with Gasteiger partial charge >= 0.3 is 0 Å². The van der Waals surface area contributed by atoms with Gasteiger partial charge in [0.25, 0.3) is 11.6 Å². The molecule has 2 heterocycles. The molecular weight excluding hydrogens is 308 g/mol. The minimum absolute atomic E-state index is 0.0195. The van der Waals surface area contributed by atoms with Crippen molar-refractivity contribution in [1.82, 2.24) is 15.2 Å². The van der Waals surface area contributed by atoms with Crippen LogP contribution in [-0.4, -0.2) is 46.9 Å². The van der Waals surface area contributed by atoms with E-state index >= 15 is 0 Å². The zero-order chi connectivity index (χ0) is 17.1. The number of likely N-dealkylation sites (tertiary alicyclic amines) is 1. The van der Waals surface area contributed by atoms with Crippen LogP contribution in [0.3, 0.4) is 0 Å². The predicted molar refractivity (Wildman–Crippen MR) is 92.1 cm³/mol. The number of amides is 1. The summed E-state index contributed by atoms with van der Waals surface area (Å²) in [4.78, 5) is 28.1. The number of rotatable bonds is 5. The van der Waals surface area contributed by atoms with E-state index < -0.39 is 4.92 Å². The van der Waals surface area contributed by atoms with E-state index in [0.717, 1.165) is 25.6 Å². The molecule has 7 nitrogen and oxygen atoms in total. The number of nitrogens with zero attached hydrogens (tertiary/aromatic N) is 2. The summed E-state index contributed by atoms with van der Waals surface area (Å²) in [6, 6.07) is 6.45. The van der Waals surface area contributed by atoms with Gasteiger partial charge in [0.2, 0.25) is 0 Å². The molecule has 7 heteroatoms. The molecule has 1 aromatic heterocycles. The second-order valence-corrected chi connectivity index (χ2v) is 6.46. The largest absolute Gasteiger partial charge is 0.349 e. The van der Waals surface area contributed by atoms with Gasteiger partial charge < -0.3 is 15.2 Å². The van der Waals surface area contributed by atoms with Crippen molar-refractivity contribution in [1.29, 1.82) is 0 Å². The number of non-ortho nitro benzene ring substituents is 1. The van der Waals surface area contributed by atoms with Crippen LogP contribution in [0.2, 0.25) is 0 Å². The number of benzene rings is 1. The number of carbonyl (C=O) groups excluding carboxylic acids is 1. The summed E-state index contributed by atoms with van der Waals surface area (Å²) in [5.41, 5.74) is 0.721. The van der Waals surface area contributed by atoms with Crippen LogP contribution in [0.15, 0.2) is 24.3 Å². The average molecular weight is 330 g/mol. The van der Waals surface area contributed by atoms with Crippen LogP contribution in [-0.2, 0) is 0 Å². The van der Waals surface area contributed by atoms with Gasteiger partial charge in [-0.25, -0.2) is 0 Å². The number of H-pyrrole nitrogens is 1. The molecule has 1 aromatic carbocycles. The molecule has 128 valence electrons. The van der Waals surface area contributed by atoms with E-state index in [-0.39, 0.29) is 11.6 Å². The van der Waals surface area contributed by atoms with Crippen LogP contribution in [0.25, 0.3) is 10.9 Å². The molecule has 24 heavy (non-hydrogen) atoms. The molecular formula is C17H22N4O3. The number of nitro benzene ring substituents is 1. The number of hydrogen-bond acceptors (Lipinski definition) is 4. The van der Waals surface area contributed by atoms with E-state index in [2.05, 4.69) is 22.1 Å². The maximum Gasteiger partial charge on any atom is 0.293 e. The Morgan fingerprint density at radius 2 is 2.17 bits per heavy atom. The highest BCUT2D eigenvalue weighted by Crippen LogP contribution is 2.25. The number of para-hydroxylation sites is 1. The third kappa shape index (κ3) is 3.56. The van der Waals surface area contributed by atoms with Crippen LogP contribution in [0.1, 0.15) is 30.3 Å². The second-order valence-electron chi connectivity index (χ2n) is 6.46. The highest BCUT2D eigenvalue weighted by molar-refractivity contribution is 6.00. The van der Waals surface area contributed by atoms with Crippen LogP contribution in [0, 0.1) is 16.0 Å². The molecule has 0 atom stereocenters. The number of hydrogen-bond donors (Lipinski definition) is 2. The molecule has 2 aromatic rings. The van der Waals surface area contributed by atoms with Gasteiger partial charge in [0, 0.05) is 24.5 Å². The standard InChI is InChI=1S/C17H22N4O3/c1-12-5-8-20(9-6-12)10-7-18-17(22)14-11-13-3-2-4-15(21(23)24)16(13)19-14/h2-4,11-12,19H,5-10H2,1H3,(H,18,22). The van der Waals surface area contributed by atoms with Crippen molar-refractivity contribution >= 4 is 22.5 Å². The van der Waals surface area contributed by atoms with Gasteiger partial charge in [-0.3, -0.25) is 14.9 Å². The number of carbonyl (C=O) groups is 1. The van der Waals surface area contributed by atoms with Gasteiger partial charge in [-0.15, -0.1) is 0 Å². The number of aromatic nitrogens is 1. The van der Waals surface area contributed by atoms with Gasteiger partial charge in [-0.1, -0.05) is 19.1 Å². The van der Waals surface area contributed by atoms with Gasteiger partial charge in [0.1, 0.15) is 11.2 Å². The van der Waals surface area contributed by atoms with E-state index in [9.17, 15) is 14.9 Å². The first kappa shape index (κ1) is 16.4. The summed E-state index contributed by atoms with van der Waals surface area (Å²) in [5, 5.41) is 14.6. The van der Waals surface area contributed by atoms with Gasteiger partial charge in [0.05, 0.1) is 4.92 Å². The van der Waals surface area contributed by atoms with Crippen LogP contribution >= 0.6 is 0 Å². The zero-order valence-electron chi connectivity index (χ0n) is 13.7. The molecule has 0 unspecified atom stereocenters. The number of nitrogens with one attached hydrogen (secondary N) is 2. The van der Waals surface area contributed by atoms with Gasteiger partial charge in [0.15, 0.2) is 0 Å². The topological polar surface area (TPSA) is 91.3 Å². The molecule has 1 saturated heterocycles. The Bertz CT molecular complexity index is 747. The summed E-state index contributed by atoms with van der Waals surface area (Å²) in [7, 11) is 0. The fourth-order valence-electron chi connectivity index (χ4n) is 3.12. The smallest absolute Gasteiger partial charge is 0.293 e. The summed E-state index contributed by atoms with van der Waals surface area (Å²) in [6.45, 7) is 5.84. The fraction of sp³-hybridized carbons (Fsp3) is 0.471. The fourth-order valence-corrected chi connectivity index (χ4v) is 3.12. The van der Waals surface area contributed by atoms with E-state index in [0.29, 0.717) is 23.1 Å². The minimum atomic E-state index is -0.447. The summed E-state index contributed by atoms with van der Waals surface area (Å²) < 4.78 is 0. The van der Waals surface area contributed by atoms with E-state index in [4.69, 9.17) is 0 Å². The first-order valence-corrected chi connectivity index (χ1v) is 8.31. The molecule has 3 rings (SSSR count). The normalized spacial score (nSPS) is 16.4. The van der Waals surface area contributed by atoms with Crippen molar-refractivity contribution in [3.05, 3.63) is 40.1 Å². The van der Waals surface area contributed by atoms with Crippen LogP contribution in [0.4, 0.5) is 5.69 Å². The van der Waals surface area contributed by atoms with Crippen molar-refractivity contribution in [2.24, 2.45) is 5.92 Å². The molecule has 0 radical (unpaired) electrons. The summed E-state index contributed by atoms with van der Waals surface area (Å²) in [5.74, 6) is 0.559. The Balaban J connectivity index is 1.60. The van der Waals surface area contributed by atoms with Crippen molar-refractivity contribution in [2.45, 2.75) is 19.8 Å². The Kier molecular flexibility index (Phi) is 4.80. The lowest BCUT2D eigenvalue weighted by Gasteiger charge is -2.30. The third-order valence-electron chi connectivity index (χ3n) is 4.67. The van der Waals surface area contributed by atoms with E-state index in [1.165, 1.54) is 18.9 Å². The predicted octanol–water partition coefficient (Wildman–Crippen LogP) is 2.54. The van der Waals surface area contributed by atoms with E-state index in [1.807, 2.05) is 0 Å². The Labute approximate surface area is 140 Å². The number of aromatic amines is 1. The lowest BCUT2D eigenvalue weighted by Crippen LogP contribution is -2.39. The Morgan fingerprint density at radius 1 is 1.42 bits per heavy atom. The van der Waals surface area contributed by atoms with Gasteiger partial charge in [-0.05, 0) is 37.9 Å². The molecule has 0 aliphatic carbocycles. The maximum atomic E-state index is 12.3. The van der Waals surface area contributed by atoms with Crippen LogP contribution in [0.5, 0.6) is 0 Å². The molecule has 2 N–H and O–H groups in total. The SMILES string of the molecule is CC1CCN(CCNC(=O)c2cc3cccc([N+](=O)[O-])c3[nH]2)CC1. The molecule has 0 saturated carbocycles. The number of piperidine rings is 1. The van der Waals surface area contributed by atoms with Crippen molar-refractivity contribution in [3.63, 3.8) is 0 Å². The highest BCUT2D eigenvalue weighted by atomic mass is 16.6. The second kappa shape index (κ2) is 7.00. The lowest BCUT2D eigenvalue weighted by atomic mass is 9.99. The molecule has 1 aliphatic heterocycles. The molecule has 1 fully saturated rings. The van der Waals surface area contributed by atoms with Crippen LogP contribution < -0.4 is 5.32 Å².